The minimum absolute atomic E-state index is 0.0983. The number of likely N-dealkylation sites (N-methyl/N-ethyl adjacent to an activating group) is 1. The molecule has 17 heavy (non-hydrogen) atoms. The molecule has 0 radical (unpaired) electrons. The highest BCUT2D eigenvalue weighted by Crippen LogP contribution is 2.23. The van der Waals surface area contributed by atoms with Crippen LogP contribution in [0.2, 0.25) is 0 Å². The number of benzene rings is 1. The molecule has 1 aliphatic rings. The van der Waals surface area contributed by atoms with Crippen molar-refractivity contribution in [3.8, 4) is 0 Å². The Morgan fingerprint density at radius 3 is 2.76 bits per heavy atom. The van der Waals surface area contributed by atoms with E-state index in [0.717, 1.165) is 30.5 Å². The van der Waals surface area contributed by atoms with Gasteiger partial charge < -0.3 is 9.22 Å². The number of carbonyl (C=O) groups excluding carboxylic acids is 1. The van der Waals surface area contributed by atoms with Gasteiger partial charge in [-0.1, -0.05) is 30.3 Å². The Bertz CT molecular complexity index is 390. The molecule has 0 bridgehead atoms. The maximum absolute atomic E-state index is 10.9. The fourth-order valence-corrected chi connectivity index (χ4v) is 2.63. The quantitative estimate of drug-likeness (QED) is 0.590. The van der Waals surface area contributed by atoms with Crippen LogP contribution >= 0.6 is 0 Å². The van der Waals surface area contributed by atoms with E-state index in [-0.39, 0.29) is 12.1 Å². The van der Waals surface area contributed by atoms with Gasteiger partial charge in [0.05, 0.1) is 13.6 Å². The van der Waals surface area contributed by atoms with Gasteiger partial charge in [-0.05, 0) is 0 Å². The van der Waals surface area contributed by atoms with Gasteiger partial charge in [0.1, 0.15) is 13.1 Å². The maximum atomic E-state index is 10.9. The topological polar surface area (TPSA) is 26.3 Å². The molecular weight excluding hydrogens is 214 g/mol. The number of hydrogen-bond donors (Lipinski definition) is 0. The van der Waals surface area contributed by atoms with Crippen molar-refractivity contribution in [2.24, 2.45) is 0 Å². The number of carbonyl (C=O) groups is 1. The summed E-state index contributed by atoms with van der Waals surface area (Å²) in [5.41, 5.74) is 1.35. The third-order valence-corrected chi connectivity index (χ3v) is 3.38. The van der Waals surface area contributed by atoms with Crippen LogP contribution in [0.3, 0.4) is 0 Å². The number of nitrogens with zero attached hydrogens (tertiary/aromatic N) is 1. The molecule has 1 saturated heterocycles. The molecule has 0 saturated carbocycles. The molecule has 0 amide bonds. The van der Waals surface area contributed by atoms with E-state index in [4.69, 9.17) is 4.74 Å². The lowest BCUT2D eigenvalue weighted by molar-refractivity contribution is -0.912. The van der Waals surface area contributed by atoms with Gasteiger partial charge in [-0.2, -0.15) is 0 Å². The molecule has 0 unspecified atom stereocenters. The van der Waals surface area contributed by atoms with Crippen LogP contribution in [-0.4, -0.2) is 36.7 Å². The standard InChI is InChI=1S/C14H20NO2/c1-12(16)17-14-8-9-15(2,11-14)10-13-6-4-3-5-7-13/h3-7,14H,8-11H2,1-2H3/q+1/t14-,15+/m1/s1. The van der Waals surface area contributed by atoms with E-state index < -0.39 is 0 Å². The summed E-state index contributed by atoms with van der Waals surface area (Å²) in [5, 5.41) is 0. The number of rotatable bonds is 3. The first-order valence-electron chi connectivity index (χ1n) is 6.12. The van der Waals surface area contributed by atoms with Crippen molar-refractivity contribution in [1.29, 1.82) is 0 Å². The van der Waals surface area contributed by atoms with E-state index in [1.165, 1.54) is 12.5 Å². The Hall–Kier alpha value is -1.35. The highest BCUT2D eigenvalue weighted by Gasteiger charge is 2.36. The van der Waals surface area contributed by atoms with Crippen LogP contribution in [0, 0.1) is 0 Å². The molecule has 1 aromatic rings. The van der Waals surface area contributed by atoms with Crippen LogP contribution in [0.25, 0.3) is 0 Å². The lowest BCUT2D eigenvalue weighted by Gasteiger charge is -2.29. The fraction of sp³-hybridized carbons (Fsp3) is 0.500. The van der Waals surface area contributed by atoms with Gasteiger partial charge in [0.2, 0.25) is 0 Å². The summed E-state index contributed by atoms with van der Waals surface area (Å²) < 4.78 is 6.25. The van der Waals surface area contributed by atoms with Crippen LogP contribution in [0.4, 0.5) is 0 Å². The molecule has 0 N–H and O–H groups in total. The summed E-state index contributed by atoms with van der Waals surface area (Å²) in [6.45, 7) is 4.50. The molecule has 1 aliphatic heterocycles. The number of hydrogen-bond acceptors (Lipinski definition) is 2. The Morgan fingerprint density at radius 2 is 2.12 bits per heavy atom. The van der Waals surface area contributed by atoms with Crippen molar-refractivity contribution in [3.05, 3.63) is 35.9 Å². The van der Waals surface area contributed by atoms with Crippen LogP contribution in [0.15, 0.2) is 30.3 Å². The molecule has 2 rings (SSSR count). The molecule has 3 heteroatoms. The van der Waals surface area contributed by atoms with E-state index in [2.05, 4.69) is 31.3 Å². The summed E-state index contributed by atoms with van der Waals surface area (Å²) in [4.78, 5) is 10.9. The third kappa shape index (κ3) is 3.30. The van der Waals surface area contributed by atoms with Crippen molar-refractivity contribution < 1.29 is 14.0 Å². The molecule has 3 nitrogen and oxygen atoms in total. The second-order valence-corrected chi connectivity index (χ2v) is 5.19. The van der Waals surface area contributed by atoms with E-state index >= 15 is 0 Å². The normalized spacial score (nSPS) is 28.0. The van der Waals surface area contributed by atoms with Crippen LogP contribution < -0.4 is 0 Å². The average molecular weight is 234 g/mol. The van der Waals surface area contributed by atoms with Gasteiger partial charge in [0, 0.05) is 18.9 Å². The molecular formula is C14H20NO2+. The monoisotopic (exact) mass is 234 g/mol. The summed E-state index contributed by atoms with van der Waals surface area (Å²) in [7, 11) is 2.23. The molecule has 1 heterocycles. The highest BCUT2D eigenvalue weighted by atomic mass is 16.5. The van der Waals surface area contributed by atoms with Crippen molar-refractivity contribution in [2.75, 3.05) is 20.1 Å². The number of esters is 1. The zero-order valence-corrected chi connectivity index (χ0v) is 10.6. The predicted octanol–water partition coefficient (Wildman–Crippen LogP) is 1.97. The Balaban J connectivity index is 1.95. The van der Waals surface area contributed by atoms with Crippen LogP contribution in [0.5, 0.6) is 0 Å². The average Bonchev–Trinajstić information content (AvgIpc) is 2.60. The van der Waals surface area contributed by atoms with E-state index in [0.29, 0.717) is 0 Å². The van der Waals surface area contributed by atoms with Crippen molar-refractivity contribution in [2.45, 2.75) is 26.0 Å². The molecule has 0 aliphatic carbocycles. The second-order valence-electron chi connectivity index (χ2n) is 5.19. The minimum atomic E-state index is -0.164. The zero-order valence-electron chi connectivity index (χ0n) is 10.6. The van der Waals surface area contributed by atoms with Gasteiger partial charge in [0.25, 0.3) is 0 Å². The van der Waals surface area contributed by atoms with E-state index in [1.807, 2.05) is 6.07 Å². The van der Waals surface area contributed by atoms with Crippen molar-refractivity contribution >= 4 is 5.97 Å². The van der Waals surface area contributed by atoms with E-state index in [9.17, 15) is 4.79 Å². The Kier molecular flexibility index (Phi) is 3.48. The first-order chi connectivity index (χ1) is 8.07. The predicted molar refractivity (Wildman–Crippen MR) is 66.2 cm³/mol. The van der Waals surface area contributed by atoms with Gasteiger partial charge in [-0.25, -0.2) is 0 Å². The molecule has 0 aromatic heterocycles. The molecule has 0 spiro atoms. The minimum Gasteiger partial charge on any atom is -0.456 e. The summed E-state index contributed by atoms with van der Waals surface area (Å²) >= 11 is 0. The largest absolute Gasteiger partial charge is 0.456 e. The number of quaternary nitrogens is 1. The molecule has 92 valence electrons. The van der Waals surface area contributed by atoms with Gasteiger partial charge in [-0.15, -0.1) is 0 Å². The first kappa shape index (κ1) is 12.1. The molecule has 1 fully saturated rings. The summed E-state index contributed by atoms with van der Waals surface area (Å²) in [6, 6.07) is 10.5. The summed E-state index contributed by atoms with van der Waals surface area (Å²) in [6.07, 6.45) is 1.07. The highest BCUT2D eigenvalue weighted by molar-refractivity contribution is 5.66. The van der Waals surface area contributed by atoms with Crippen molar-refractivity contribution in [1.82, 2.24) is 0 Å². The number of ether oxygens (including phenoxy) is 1. The SMILES string of the molecule is CC(=O)O[C@@H]1CC[N@@+](C)(Cc2ccccc2)C1. The zero-order chi connectivity index (χ0) is 12.3. The maximum Gasteiger partial charge on any atom is 0.303 e. The second kappa shape index (κ2) is 4.88. The fourth-order valence-electron chi connectivity index (χ4n) is 2.63. The molecule has 1 aromatic carbocycles. The number of likely N-dealkylation sites (tertiary alicyclic amines) is 1. The van der Waals surface area contributed by atoms with E-state index in [1.54, 1.807) is 0 Å². The van der Waals surface area contributed by atoms with Gasteiger partial charge in [-0.3, -0.25) is 4.79 Å². The Labute approximate surface area is 103 Å². The first-order valence-corrected chi connectivity index (χ1v) is 6.12. The third-order valence-electron chi connectivity index (χ3n) is 3.38. The van der Waals surface area contributed by atoms with Gasteiger partial charge >= 0.3 is 5.97 Å². The smallest absolute Gasteiger partial charge is 0.303 e. The molecule has 2 atom stereocenters. The Morgan fingerprint density at radius 1 is 1.41 bits per heavy atom. The lowest BCUT2D eigenvalue weighted by atomic mass is 10.2. The van der Waals surface area contributed by atoms with Crippen LogP contribution in [-0.2, 0) is 16.1 Å². The lowest BCUT2D eigenvalue weighted by Crippen LogP contribution is -2.41. The van der Waals surface area contributed by atoms with Crippen LogP contribution in [0.1, 0.15) is 18.9 Å². The summed E-state index contributed by atoms with van der Waals surface area (Å²) in [5.74, 6) is -0.164. The van der Waals surface area contributed by atoms with Gasteiger partial charge in [0.15, 0.2) is 6.10 Å². The van der Waals surface area contributed by atoms with Crippen molar-refractivity contribution in [3.63, 3.8) is 0 Å².